The summed E-state index contributed by atoms with van der Waals surface area (Å²) in [4.78, 5) is -0.170. The molecule has 0 aliphatic carbocycles. The molecule has 0 amide bonds. The first kappa shape index (κ1) is 16.8. The summed E-state index contributed by atoms with van der Waals surface area (Å²) in [6.45, 7) is 1.63. The Morgan fingerprint density at radius 3 is 2.36 bits per heavy atom. The molecule has 9 heteroatoms. The molecule has 2 aromatic carbocycles. The van der Waals surface area contributed by atoms with Crippen LogP contribution in [-0.2, 0) is 20.0 Å². The minimum atomic E-state index is -3.92. The zero-order valence-electron chi connectivity index (χ0n) is 11.4. The maximum absolute atomic E-state index is 12.4. The Labute approximate surface area is 134 Å². The molecule has 0 aliphatic rings. The Bertz CT molecular complexity index is 925. The number of hydrogen-bond donors (Lipinski definition) is 2. The summed E-state index contributed by atoms with van der Waals surface area (Å²) in [6, 6.07) is 9.72. The van der Waals surface area contributed by atoms with Crippen LogP contribution in [0.15, 0.2) is 52.3 Å². The zero-order valence-corrected chi connectivity index (χ0v) is 13.8. The van der Waals surface area contributed by atoms with E-state index in [0.29, 0.717) is 5.56 Å². The van der Waals surface area contributed by atoms with Crippen LogP contribution in [0.1, 0.15) is 5.56 Å². The van der Waals surface area contributed by atoms with Gasteiger partial charge in [0.2, 0.25) is 10.0 Å². The van der Waals surface area contributed by atoms with Crippen molar-refractivity contribution < 1.29 is 16.8 Å². The van der Waals surface area contributed by atoms with Gasteiger partial charge in [0, 0.05) is 5.02 Å². The van der Waals surface area contributed by atoms with Crippen molar-refractivity contribution in [1.82, 2.24) is 0 Å². The Hall–Kier alpha value is -1.61. The monoisotopic (exact) mass is 360 g/mol. The van der Waals surface area contributed by atoms with Crippen LogP contribution in [0.4, 0.5) is 5.69 Å². The molecular weight excluding hydrogens is 348 g/mol. The molecule has 2 aromatic rings. The molecule has 0 fully saturated rings. The molecule has 0 spiro atoms. The van der Waals surface area contributed by atoms with E-state index in [1.165, 1.54) is 24.3 Å². The lowest BCUT2D eigenvalue weighted by Gasteiger charge is -2.11. The first-order valence-electron chi connectivity index (χ1n) is 6.01. The van der Waals surface area contributed by atoms with E-state index < -0.39 is 20.0 Å². The van der Waals surface area contributed by atoms with Gasteiger partial charge in [-0.25, -0.2) is 22.0 Å². The molecule has 0 bridgehead atoms. The summed E-state index contributed by atoms with van der Waals surface area (Å²) in [5, 5.41) is 5.30. The second-order valence-corrected chi connectivity index (χ2v) is 8.24. The molecule has 3 N–H and O–H groups in total. The second kappa shape index (κ2) is 5.88. The van der Waals surface area contributed by atoms with Crippen LogP contribution in [-0.4, -0.2) is 16.8 Å². The zero-order chi connectivity index (χ0) is 16.5. The average molecular weight is 361 g/mol. The van der Waals surface area contributed by atoms with Crippen LogP contribution in [0.3, 0.4) is 0 Å². The predicted octanol–water partition coefficient (Wildman–Crippen LogP) is 2.10. The molecule has 6 nitrogen and oxygen atoms in total. The summed E-state index contributed by atoms with van der Waals surface area (Å²) in [5.41, 5.74) is 0.602. The quantitative estimate of drug-likeness (QED) is 0.870. The number of rotatable bonds is 4. The van der Waals surface area contributed by atoms with Crippen LogP contribution in [0, 0.1) is 6.92 Å². The molecule has 0 aliphatic heterocycles. The van der Waals surface area contributed by atoms with Crippen molar-refractivity contribution in [2.24, 2.45) is 5.14 Å². The van der Waals surface area contributed by atoms with E-state index in [2.05, 4.69) is 4.72 Å². The summed E-state index contributed by atoms with van der Waals surface area (Å²) in [6.07, 6.45) is 0. The van der Waals surface area contributed by atoms with E-state index in [9.17, 15) is 16.8 Å². The minimum Gasteiger partial charge on any atom is -0.280 e. The molecule has 0 saturated heterocycles. The maximum atomic E-state index is 12.4. The Morgan fingerprint density at radius 1 is 1.05 bits per heavy atom. The van der Waals surface area contributed by atoms with Gasteiger partial charge in [0.05, 0.1) is 15.5 Å². The Kier molecular flexibility index (Phi) is 4.48. The van der Waals surface area contributed by atoms with E-state index in [1.807, 2.05) is 0 Å². The topological polar surface area (TPSA) is 106 Å². The van der Waals surface area contributed by atoms with Gasteiger partial charge >= 0.3 is 0 Å². The SMILES string of the molecule is Cc1ccc(Cl)cc1S(=O)(=O)Nc1cccc(S(N)(=O)=O)c1. The lowest BCUT2D eigenvalue weighted by atomic mass is 10.2. The summed E-state index contributed by atoms with van der Waals surface area (Å²) in [5.74, 6) is 0. The number of aryl methyl sites for hydroxylation is 1. The molecule has 0 aromatic heterocycles. The highest BCUT2D eigenvalue weighted by Crippen LogP contribution is 2.23. The number of nitrogens with two attached hydrogens (primary N) is 1. The highest BCUT2D eigenvalue weighted by molar-refractivity contribution is 7.92. The van der Waals surface area contributed by atoms with Crippen LogP contribution in [0.2, 0.25) is 5.02 Å². The fraction of sp³-hybridized carbons (Fsp3) is 0.0769. The van der Waals surface area contributed by atoms with Crippen molar-refractivity contribution in [2.75, 3.05) is 4.72 Å². The summed E-state index contributed by atoms with van der Waals surface area (Å²) >= 11 is 5.82. The number of primary sulfonamides is 1. The van der Waals surface area contributed by atoms with Crippen molar-refractivity contribution in [3.8, 4) is 0 Å². The second-order valence-electron chi connectivity index (χ2n) is 4.59. The highest BCUT2D eigenvalue weighted by Gasteiger charge is 2.18. The number of halogens is 1. The molecule has 22 heavy (non-hydrogen) atoms. The van der Waals surface area contributed by atoms with Crippen molar-refractivity contribution in [3.05, 3.63) is 53.1 Å². The van der Waals surface area contributed by atoms with Gasteiger partial charge in [0.25, 0.3) is 10.0 Å². The fourth-order valence-corrected chi connectivity index (χ4v) is 3.93. The first-order valence-corrected chi connectivity index (χ1v) is 9.42. The number of nitrogens with one attached hydrogen (secondary N) is 1. The van der Waals surface area contributed by atoms with E-state index >= 15 is 0 Å². The minimum absolute atomic E-state index is 0.0148. The highest BCUT2D eigenvalue weighted by atomic mass is 35.5. The molecule has 2 rings (SSSR count). The van der Waals surface area contributed by atoms with E-state index in [-0.39, 0.29) is 20.5 Å². The number of benzene rings is 2. The summed E-state index contributed by atoms with van der Waals surface area (Å²) < 4.78 is 49.7. The van der Waals surface area contributed by atoms with Crippen LogP contribution in [0.5, 0.6) is 0 Å². The average Bonchev–Trinajstić information content (AvgIpc) is 2.40. The first-order chi connectivity index (χ1) is 10.1. The lowest BCUT2D eigenvalue weighted by Crippen LogP contribution is -2.16. The number of hydrogen-bond acceptors (Lipinski definition) is 4. The predicted molar refractivity (Wildman–Crippen MR) is 84.8 cm³/mol. The summed E-state index contributed by atoms with van der Waals surface area (Å²) in [7, 11) is -7.82. The van der Waals surface area contributed by atoms with Crippen molar-refractivity contribution >= 4 is 37.3 Å². The molecule has 0 atom stereocenters. The van der Waals surface area contributed by atoms with Crippen LogP contribution < -0.4 is 9.86 Å². The van der Waals surface area contributed by atoms with E-state index in [4.69, 9.17) is 16.7 Å². The van der Waals surface area contributed by atoms with E-state index in [1.54, 1.807) is 19.1 Å². The van der Waals surface area contributed by atoms with Crippen molar-refractivity contribution in [2.45, 2.75) is 16.7 Å². The van der Waals surface area contributed by atoms with Gasteiger partial charge in [-0.05, 0) is 42.8 Å². The molecular formula is C13H13ClN2O4S2. The smallest absolute Gasteiger partial charge is 0.262 e. The number of anilines is 1. The van der Waals surface area contributed by atoms with Gasteiger partial charge in [-0.2, -0.15) is 0 Å². The van der Waals surface area contributed by atoms with Gasteiger partial charge in [-0.15, -0.1) is 0 Å². The standard InChI is InChI=1S/C13H13ClN2O4S2/c1-9-5-6-10(14)7-13(9)22(19,20)16-11-3-2-4-12(8-11)21(15,17)18/h2-8,16H,1H3,(H2,15,17,18). The normalized spacial score (nSPS) is 12.1. The van der Waals surface area contributed by atoms with Gasteiger partial charge in [0.15, 0.2) is 0 Å². The molecule has 0 saturated carbocycles. The van der Waals surface area contributed by atoms with Gasteiger partial charge in [0.1, 0.15) is 0 Å². The fourth-order valence-electron chi connectivity index (χ4n) is 1.81. The van der Waals surface area contributed by atoms with Crippen molar-refractivity contribution in [1.29, 1.82) is 0 Å². The third-order valence-corrected chi connectivity index (χ3v) is 5.52. The third-order valence-electron chi connectivity index (χ3n) is 2.85. The van der Waals surface area contributed by atoms with Crippen LogP contribution in [0.25, 0.3) is 0 Å². The number of sulfonamides is 2. The van der Waals surface area contributed by atoms with Gasteiger partial charge < -0.3 is 0 Å². The molecule has 0 unspecified atom stereocenters. The Balaban J connectivity index is 2.44. The van der Waals surface area contributed by atoms with Gasteiger partial charge in [-0.3, -0.25) is 4.72 Å². The lowest BCUT2D eigenvalue weighted by molar-refractivity contribution is 0.596. The van der Waals surface area contributed by atoms with Crippen LogP contribution >= 0.6 is 11.6 Å². The van der Waals surface area contributed by atoms with Crippen molar-refractivity contribution in [3.63, 3.8) is 0 Å². The van der Waals surface area contributed by atoms with E-state index in [0.717, 1.165) is 6.07 Å². The maximum Gasteiger partial charge on any atom is 0.262 e. The Morgan fingerprint density at radius 2 is 1.73 bits per heavy atom. The molecule has 0 heterocycles. The van der Waals surface area contributed by atoms with Gasteiger partial charge in [-0.1, -0.05) is 23.7 Å². The largest absolute Gasteiger partial charge is 0.280 e. The molecule has 118 valence electrons. The third kappa shape index (κ3) is 3.77. The molecule has 0 radical (unpaired) electrons.